The van der Waals surface area contributed by atoms with E-state index in [0.717, 1.165) is 11.8 Å². The first-order valence-corrected chi connectivity index (χ1v) is 7.51. The molecule has 1 saturated carbocycles. The van der Waals surface area contributed by atoms with Gasteiger partial charge in [-0.05, 0) is 37.0 Å². The summed E-state index contributed by atoms with van der Waals surface area (Å²) >= 11 is 0. The first kappa shape index (κ1) is 12.9. The summed E-state index contributed by atoms with van der Waals surface area (Å²) in [7, 11) is 0. The van der Waals surface area contributed by atoms with E-state index in [1.807, 2.05) is 0 Å². The van der Waals surface area contributed by atoms with E-state index < -0.39 is 0 Å². The first-order chi connectivity index (χ1) is 8.40. The summed E-state index contributed by atoms with van der Waals surface area (Å²) in [5.74, 6) is 2.17. The zero-order chi connectivity index (χ0) is 11.9. The average molecular weight is 230 g/mol. The van der Waals surface area contributed by atoms with E-state index in [1.165, 1.54) is 51.4 Å². The Morgan fingerprint density at radius 1 is 1.00 bits per heavy atom. The lowest BCUT2D eigenvalue weighted by Gasteiger charge is -2.12. The fraction of sp³-hybridized carbons (Fsp3) is 0.706. The van der Waals surface area contributed by atoms with Crippen molar-refractivity contribution in [1.29, 1.82) is 0 Å². The van der Waals surface area contributed by atoms with Gasteiger partial charge in [-0.1, -0.05) is 69.8 Å². The molecule has 0 N–H and O–H groups in total. The van der Waals surface area contributed by atoms with E-state index in [1.54, 1.807) is 0 Å². The molecule has 0 aromatic heterocycles. The van der Waals surface area contributed by atoms with Crippen molar-refractivity contribution >= 4 is 0 Å². The minimum absolute atomic E-state index is 0.630. The zero-order valence-electron chi connectivity index (χ0n) is 11.2. The fourth-order valence-corrected chi connectivity index (χ4v) is 3.10. The second-order valence-electron chi connectivity index (χ2n) is 5.62. The van der Waals surface area contributed by atoms with Crippen LogP contribution in [0.15, 0.2) is 24.3 Å². The lowest BCUT2D eigenvalue weighted by Crippen LogP contribution is -2.03. The predicted octanol–water partition coefficient (Wildman–Crippen LogP) is 5.20. The quantitative estimate of drug-likeness (QED) is 0.527. The number of allylic oxidation sites excluding steroid dienone is 4. The van der Waals surface area contributed by atoms with Gasteiger partial charge in [0.25, 0.3) is 0 Å². The topological polar surface area (TPSA) is 0 Å². The molecule has 1 fully saturated rings. The summed E-state index contributed by atoms with van der Waals surface area (Å²) in [6.07, 6.45) is 24.1. The Morgan fingerprint density at radius 2 is 1.76 bits per heavy atom. The van der Waals surface area contributed by atoms with Crippen molar-refractivity contribution in [2.75, 3.05) is 0 Å². The lowest BCUT2D eigenvalue weighted by atomic mass is 9.92. The molecule has 0 aliphatic heterocycles. The van der Waals surface area contributed by atoms with Gasteiger partial charge in [-0.25, -0.2) is 0 Å². The van der Waals surface area contributed by atoms with Crippen molar-refractivity contribution in [3.05, 3.63) is 30.7 Å². The van der Waals surface area contributed by atoms with E-state index in [2.05, 4.69) is 37.6 Å². The molecule has 0 heteroatoms. The SMILES string of the molecule is CCCCCCCCC1[C]C2C=CC=CC2C1. The Morgan fingerprint density at radius 3 is 2.59 bits per heavy atom. The molecule has 0 heterocycles. The van der Waals surface area contributed by atoms with Crippen molar-refractivity contribution in [3.8, 4) is 0 Å². The molecule has 0 spiro atoms. The van der Waals surface area contributed by atoms with Gasteiger partial charge in [-0.2, -0.15) is 0 Å². The molecule has 2 aliphatic rings. The minimum Gasteiger partial charge on any atom is -0.0808 e. The van der Waals surface area contributed by atoms with Gasteiger partial charge < -0.3 is 0 Å². The molecular formula is C17H26. The van der Waals surface area contributed by atoms with Gasteiger partial charge in [0.1, 0.15) is 0 Å². The molecule has 0 aromatic carbocycles. The predicted molar refractivity (Wildman–Crippen MR) is 74.6 cm³/mol. The number of hydrogen-bond donors (Lipinski definition) is 0. The third-order valence-electron chi connectivity index (χ3n) is 4.14. The van der Waals surface area contributed by atoms with Crippen molar-refractivity contribution in [2.45, 2.75) is 58.3 Å². The summed E-state index contributed by atoms with van der Waals surface area (Å²) in [4.78, 5) is 0. The molecule has 94 valence electrons. The van der Waals surface area contributed by atoms with Gasteiger partial charge in [-0.3, -0.25) is 0 Å². The van der Waals surface area contributed by atoms with Gasteiger partial charge >= 0.3 is 0 Å². The third-order valence-corrected chi connectivity index (χ3v) is 4.14. The van der Waals surface area contributed by atoms with Gasteiger partial charge in [0, 0.05) is 0 Å². The molecular weight excluding hydrogens is 204 g/mol. The second kappa shape index (κ2) is 7.03. The molecule has 17 heavy (non-hydrogen) atoms. The highest BCUT2D eigenvalue weighted by Gasteiger charge is 2.31. The van der Waals surface area contributed by atoms with Gasteiger partial charge in [0.2, 0.25) is 0 Å². The van der Waals surface area contributed by atoms with Crippen LogP contribution in [0.25, 0.3) is 0 Å². The smallest absolute Gasteiger partial charge is 0.00588 e. The fourth-order valence-electron chi connectivity index (χ4n) is 3.10. The summed E-state index contributed by atoms with van der Waals surface area (Å²) < 4.78 is 0. The molecule has 0 bridgehead atoms. The van der Waals surface area contributed by atoms with Crippen molar-refractivity contribution in [2.24, 2.45) is 17.8 Å². The Hall–Kier alpha value is -0.520. The maximum absolute atomic E-state index is 3.76. The van der Waals surface area contributed by atoms with Crippen LogP contribution < -0.4 is 0 Å². The monoisotopic (exact) mass is 230 g/mol. The second-order valence-corrected chi connectivity index (χ2v) is 5.62. The molecule has 0 nitrogen and oxygen atoms in total. The van der Waals surface area contributed by atoms with Crippen LogP contribution >= 0.6 is 0 Å². The van der Waals surface area contributed by atoms with Crippen molar-refractivity contribution in [3.63, 3.8) is 0 Å². The molecule has 0 aromatic rings. The van der Waals surface area contributed by atoms with Gasteiger partial charge in [-0.15, -0.1) is 0 Å². The first-order valence-electron chi connectivity index (χ1n) is 7.51. The van der Waals surface area contributed by atoms with E-state index in [-0.39, 0.29) is 0 Å². The Bertz CT molecular complexity index is 241. The summed E-state index contributed by atoms with van der Waals surface area (Å²) in [6.45, 7) is 2.28. The maximum Gasteiger partial charge on any atom is -0.00588 e. The van der Waals surface area contributed by atoms with E-state index in [0.29, 0.717) is 5.92 Å². The van der Waals surface area contributed by atoms with Gasteiger partial charge in [0.05, 0.1) is 0 Å². The van der Waals surface area contributed by atoms with Crippen LogP contribution in [0.1, 0.15) is 58.3 Å². The van der Waals surface area contributed by atoms with Crippen LogP contribution in [0.4, 0.5) is 0 Å². The third kappa shape index (κ3) is 4.01. The Labute approximate surface area is 107 Å². The maximum atomic E-state index is 3.76. The van der Waals surface area contributed by atoms with Crippen LogP contribution in [0.2, 0.25) is 0 Å². The molecule has 0 saturated heterocycles. The highest BCUT2D eigenvalue weighted by Crippen LogP contribution is 2.41. The summed E-state index contributed by atoms with van der Waals surface area (Å²) in [6, 6.07) is 0. The summed E-state index contributed by atoms with van der Waals surface area (Å²) in [5.41, 5.74) is 0. The molecule has 2 radical (unpaired) electrons. The highest BCUT2D eigenvalue weighted by molar-refractivity contribution is 5.20. The van der Waals surface area contributed by atoms with E-state index >= 15 is 0 Å². The van der Waals surface area contributed by atoms with Crippen LogP contribution in [-0.4, -0.2) is 0 Å². The van der Waals surface area contributed by atoms with Crippen LogP contribution in [0.5, 0.6) is 0 Å². The van der Waals surface area contributed by atoms with E-state index in [4.69, 9.17) is 0 Å². The van der Waals surface area contributed by atoms with Crippen molar-refractivity contribution in [1.82, 2.24) is 0 Å². The summed E-state index contributed by atoms with van der Waals surface area (Å²) in [5, 5.41) is 0. The molecule has 0 amide bonds. The van der Waals surface area contributed by atoms with Crippen LogP contribution in [0, 0.1) is 24.2 Å². The molecule has 2 rings (SSSR count). The highest BCUT2D eigenvalue weighted by atomic mass is 14.4. The number of hydrogen-bond acceptors (Lipinski definition) is 0. The largest absolute Gasteiger partial charge is 0.0808 e. The number of unbranched alkanes of at least 4 members (excludes halogenated alkanes) is 5. The molecule has 3 unspecified atom stereocenters. The Kier molecular flexibility index (Phi) is 5.35. The van der Waals surface area contributed by atoms with E-state index in [9.17, 15) is 0 Å². The standard InChI is InChI=1S/C17H26/c1-2-3-4-5-6-7-10-15-13-16-11-8-9-12-17(16)14-15/h8-9,11-12,15-17H,2-7,10,13H2,1H3. The molecule has 2 aliphatic carbocycles. The minimum atomic E-state index is 0.630. The average Bonchev–Trinajstić information content (AvgIpc) is 2.76. The normalized spacial score (nSPS) is 30.8. The van der Waals surface area contributed by atoms with Crippen molar-refractivity contribution < 1.29 is 0 Å². The zero-order valence-corrected chi connectivity index (χ0v) is 11.2. The van der Waals surface area contributed by atoms with Gasteiger partial charge in [0.15, 0.2) is 0 Å². The Balaban J connectivity index is 1.56. The van der Waals surface area contributed by atoms with Crippen LogP contribution in [-0.2, 0) is 0 Å². The van der Waals surface area contributed by atoms with Crippen LogP contribution in [0.3, 0.4) is 0 Å². The number of fused-ring (bicyclic) bond motifs is 1. The number of rotatable bonds is 7. The molecule has 3 atom stereocenters. The lowest BCUT2D eigenvalue weighted by molar-refractivity contribution is 0.484.